The Bertz CT molecular complexity index is 915. The lowest BCUT2D eigenvalue weighted by atomic mass is 10.0. The van der Waals surface area contributed by atoms with Crippen molar-refractivity contribution in [3.63, 3.8) is 0 Å². The van der Waals surface area contributed by atoms with Gasteiger partial charge in [0, 0.05) is 30.6 Å². The number of aryl methyl sites for hydroxylation is 2. The highest BCUT2D eigenvalue weighted by Crippen LogP contribution is 2.26. The SMILES string of the molecule is COCCN(C(=O)Cc1coc2cc(C)c(C)cc12)C1CCS(=O)(=O)C1. The molecule has 1 amide bonds. The summed E-state index contributed by atoms with van der Waals surface area (Å²) in [4.78, 5) is 14.6. The van der Waals surface area contributed by atoms with Crippen LogP contribution in [0.4, 0.5) is 0 Å². The molecular formula is C19H25NO5S. The standard InChI is InChI=1S/C19H25NO5S/c1-13-8-17-15(11-25-18(17)9-14(13)2)10-19(21)20(5-6-24-3)16-4-7-26(22,23)12-16/h8-9,11,16H,4-7,10,12H2,1-3H3. The van der Waals surface area contributed by atoms with Crippen LogP contribution in [0.1, 0.15) is 23.1 Å². The van der Waals surface area contributed by atoms with Crippen LogP contribution in [0.15, 0.2) is 22.8 Å². The molecule has 1 aliphatic rings. The second-order valence-electron chi connectivity index (χ2n) is 7.01. The molecular weight excluding hydrogens is 354 g/mol. The van der Waals surface area contributed by atoms with E-state index in [4.69, 9.17) is 9.15 Å². The number of rotatable bonds is 6. The van der Waals surface area contributed by atoms with Gasteiger partial charge in [0.25, 0.3) is 0 Å². The molecule has 1 aromatic carbocycles. The lowest BCUT2D eigenvalue weighted by molar-refractivity contribution is -0.133. The van der Waals surface area contributed by atoms with Crippen molar-refractivity contribution in [1.29, 1.82) is 0 Å². The van der Waals surface area contributed by atoms with E-state index in [0.29, 0.717) is 19.6 Å². The number of carbonyl (C=O) groups is 1. The van der Waals surface area contributed by atoms with Crippen molar-refractivity contribution in [2.45, 2.75) is 32.7 Å². The highest BCUT2D eigenvalue weighted by molar-refractivity contribution is 7.91. The maximum atomic E-state index is 12.9. The lowest BCUT2D eigenvalue weighted by Gasteiger charge is -2.28. The molecule has 3 rings (SSSR count). The summed E-state index contributed by atoms with van der Waals surface area (Å²) in [5, 5.41) is 0.937. The number of methoxy groups -OCH3 is 1. The first kappa shape index (κ1) is 18.9. The first-order valence-corrected chi connectivity index (χ1v) is 10.6. The monoisotopic (exact) mass is 379 g/mol. The topological polar surface area (TPSA) is 76.8 Å². The predicted octanol–water partition coefficient (Wildman–Crippen LogP) is 2.25. The lowest BCUT2D eigenvalue weighted by Crippen LogP contribution is -2.43. The summed E-state index contributed by atoms with van der Waals surface area (Å²) < 4.78 is 34.4. The predicted molar refractivity (Wildman–Crippen MR) is 100 cm³/mol. The van der Waals surface area contributed by atoms with Gasteiger partial charge in [0.2, 0.25) is 5.91 Å². The minimum atomic E-state index is -3.06. The van der Waals surface area contributed by atoms with Gasteiger partial charge in [-0.2, -0.15) is 0 Å². The van der Waals surface area contributed by atoms with Gasteiger partial charge in [0.1, 0.15) is 5.58 Å². The molecule has 0 radical (unpaired) electrons. The van der Waals surface area contributed by atoms with Crippen LogP contribution in [0, 0.1) is 13.8 Å². The van der Waals surface area contributed by atoms with Crippen LogP contribution in [-0.2, 0) is 25.8 Å². The van der Waals surface area contributed by atoms with Crippen LogP contribution in [-0.4, -0.2) is 57.0 Å². The van der Waals surface area contributed by atoms with E-state index in [2.05, 4.69) is 0 Å². The number of benzene rings is 1. The Morgan fingerprint density at radius 2 is 2.04 bits per heavy atom. The summed E-state index contributed by atoms with van der Waals surface area (Å²) in [6, 6.07) is 3.74. The molecule has 26 heavy (non-hydrogen) atoms. The molecule has 6 nitrogen and oxygen atoms in total. The number of hydrogen-bond donors (Lipinski definition) is 0. The van der Waals surface area contributed by atoms with Crippen LogP contribution in [0.25, 0.3) is 11.0 Å². The van der Waals surface area contributed by atoms with Crippen molar-refractivity contribution < 1.29 is 22.4 Å². The number of carbonyl (C=O) groups excluding carboxylic acids is 1. The molecule has 142 valence electrons. The van der Waals surface area contributed by atoms with Crippen molar-refractivity contribution in [3.8, 4) is 0 Å². The smallest absolute Gasteiger partial charge is 0.227 e. The molecule has 1 fully saturated rings. The molecule has 1 aromatic heterocycles. The molecule has 2 aromatic rings. The van der Waals surface area contributed by atoms with Gasteiger partial charge in [0.05, 0.1) is 30.8 Å². The third kappa shape index (κ3) is 3.94. The van der Waals surface area contributed by atoms with Crippen LogP contribution in [0.3, 0.4) is 0 Å². The van der Waals surface area contributed by atoms with Crippen LogP contribution in [0.5, 0.6) is 0 Å². The Morgan fingerprint density at radius 1 is 1.31 bits per heavy atom. The van der Waals surface area contributed by atoms with Crippen LogP contribution in [0.2, 0.25) is 0 Å². The van der Waals surface area contributed by atoms with E-state index < -0.39 is 9.84 Å². The zero-order chi connectivity index (χ0) is 18.9. The van der Waals surface area contributed by atoms with E-state index in [1.807, 2.05) is 26.0 Å². The van der Waals surface area contributed by atoms with E-state index in [9.17, 15) is 13.2 Å². The van der Waals surface area contributed by atoms with Gasteiger partial charge in [-0.25, -0.2) is 8.42 Å². The Labute approximate surface area is 154 Å². The summed E-state index contributed by atoms with van der Waals surface area (Å²) >= 11 is 0. The van der Waals surface area contributed by atoms with Crippen molar-refractivity contribution in [3.05, 3.63) is 35.1 Å². The molecule has 2 heterocycles. The van der Waals surface area contributed by atoms with E-state index in [1.165, 1.54) is 0 Å². The summed E-state index contributed by atoms with van der Waals surface area (Å²) in [6.45, 7) is 4.83. The Hall–Kier alpha value is -1.86. The normalized spacial score (nSPS) is 19.1. The van der Waals surface area contributed by atoms with Crippen molar-refractivity contribution in [2.75, 3.05) is 31.8 Å². The van der Waals surface area contributed by atoms with E-state index in [-0.39, 0.29) is 29.9 Å². The maximum Gasteiger partial charge on any atom is 0.227 e. The first-order chi connectivity index (χ1) is 12.3. The van der Waals surface area contributed by atoms with E-state index in [1.54, 1.807) is 18.3 Å². The molecule has 0 spiro atoms. The van der Waals surface area contributed by atoms with Crippen molar-refractivity contribution in [1.82, 2.24) is 4.90 Å². The van der Waals surface area contributed by atoms with Gasteiger partial charge in [-0.1, -0.05) is 0 Å². The highest BCUT2D eigenvalue weighted by atomic mass is 32.2. The third-order valence-corrected chi connectivity index (χ3v) is 6.87. The van der Waals surface area contributed by atoms with E-state index >= 15 is 0 Å². The number of hydrogen-bond acceptors (Lipinski definition) is 5. The molecule has 1 aliphatic heterocycles. The molecule has 1 unspecified atom stereocenters. The number of sulfone groups is 1. The van der Waals surface area contributed by atoms with Gasteiger partial charge in [-0.3, -0.25) is 4.79 Å². The minimum absolute atomic E-state index is 0.0346. The number of fused-ring (bicyclic) bond motifs is 1. The Balaban J connectivity index is 1.82. The van der Waals surface area contributed by atoms with E-state index in [0.717, 1.165) is 27.7 Å². The van der Waals surface area contributed by atoms with Gasteiger partial charge < -0.3 is 14.1 Å². The molecule has 1 saturated heterocycles. The quantitative estimate of drug-likeness (QED) is 0.769. The zero-order valence-corrected chi connectivity index (χ0v) is 16.3. The average molecular weight is 379 g/mol. The van der Waals surface area contributed by atoms with Gasteiger partial charge in [0.15, 0.2) is 9.84 Å². The fraction of sp³-hybridized carbons (Fsp3) is 0.526. The summed E-state index contributed by atoms with van der Waals surface area (Å²) in [7, 11) is -1.49. The zero-order valence-electron chi connectivity index (χ0n) is 15.4. The molecule has 0 aliphatic carbocycles. The largest absolute Gasteiger partial charge is 0.464 e. The summed E-state index contributed by atoms with van der Waals surface area (Å²) in [5.74, 6) is 0.0825. The fourth-order valence-corrected chi connectivity index (χ4v) is 5.19. The molecule has 0 N–H and O–H groups in total. The third-order valence-electron chi connectivity index (χ3n) is 5.12. The van der Waals surface area contributed by atoms with Crippen LogP contribution < -0.4 is 0 Å². The first-order valence-electron chi connectivity index (χ1n) is 8.77. The van der Waals surface area contributed by atoms with Gasteiger partial charge >= 0.3 is 0 Å². The second-order valence-corrected chi connectivity index (χ2v) is 9.24. The molecule has 1 atom stereocenters. The van der Waals surface area contributed by atoms with Crippen molar-refractivity contribution in [2.24, 2.45) is 0 Å². The molecule has 7 heteroatoms. The molecule has 0 saturated carbocycles. The number of furan rings is 1. The number of amides is 1. The average Bonchev–Trinajstić information content (AvgIpc) is 3.12. The highest BCUT2D eigenvalue weighted by Gasteiger charge is 2.34. The Kier molecular flexibility index (Phi) is 5.39. The summed E-state index contributed by atoms with van der Waals surface area (Å²) in [6.07, 6.45) is 2.30. The summed E-state index contributed by atoms with van der Waals surface area (Å²) in [5.41, 5.74) is 3.88. The van der Waals surface area contributed by atoms with Crippen molar-refractivity contribution >= 4 is 26.7 Å². The van der Waals surface area contributed by atoms with Crippen LogP contribution >= 0.6 is 0 Å². The number of ether oxygens (including phenoxy) is 1. The molecule has 0 bridgehead atoms. The number of nitrogens with zero attached hydrogens (tertiary/aromatic N) is 1. The fourth-order valence-electron chi connectivity index (χ4n) is 3.46. The Morgan fingerprint density at radius 3 is 2.69 bits per heavy atom. The van der Waals surface area contributed by atoms with Gasteiger partial charge in [-0.05, 0) is 43.5 Å². The second kappa shape index (κ2) is 7.40. The maximum absolute atomic E-state index is 12.9. The minimum Gasteiger partial charge on any atom is -0.464 e. The van der Waals surface area contributed by atoms with Gasteiger partial charge in [-0.15, -0.1) is 0 Å².